The van der Waals surface area contributed by atoms with Crippen molar-refractivity contribution >= 4 is 17.7 Å². The molecule has 2 bridgehead atoms. The van der Waals surface area contributed by atoms with Gasteiger partial charge in [0.1, 0.15) is 11.5 Å². The van der Waals surface area contributed by atoms with Gasteiger partial charge < -0.3 is 19.7 Å². The number of ether oxygens (including phenoxy) is 2. The minimum atomic E-state index is -1.28. The lowest BCUT2D eigenvalue weighted by molar-refractivity contribution is -0.248. The van der Waals surface area contributed by atoms with E-state index in [1.165, 1.54) is 13.8 Å². The molecule has 0 radical (unpaired) electrons. The molecule has 0 aliphatic heterocycles. The first kappa shape index (κ1) is 22.5. The smallest absolute Gasteiger partial charge is 0.302 e. The molecule has 0 saturated heterocycles. The predicted octanol–water partition coefficient (Wildman–Crippen LogP) is 2.18. The summed E-state index contributed by atoms with van der Waals surface area (Å²) in [5.74, 6) is -2.22. The van der Waals surface area contributed by atoms with E-state index in [1.807, 2.05) is 0 Å². The second-order valence-corrected chi connectivity index (χ2v) is 10.8. The lowest BCUT2D eigenvalue weighted by Gasteiger charge is -2.66. The van der Waals surface area contributed by atoms with Gasteiger partial charge in [0.2, 0.25) is 0 Å². The molecule has 9 atom stereocenters. The monoisotopic (exact) mass is 434 g/mol. The molecule has 2 N–H and O–H groups in total. The van der Waals surface area contributed by atoms with Crippen LogP contribution in [-0.4, -0.2) is 52.9 Å². The summed E-state index contributed by atoms with van der Waals surface area (Å²) in [4.78, 5) is 37.3. The topological polar surface area (TPSA) is 110 Å². The van der Waals surface area contributed by atoms with E-state index in [-0.39, 0.29) is 41.2 Å². The third-order valence-corrected chi connectivity index (χ3v) is 9.18. The summed E-state index contributed by atoms with van der Waals surface area (Å²) < 4.78 is 11.2. The molecular formula is C24H34O7. The van der Waals surface area contributed by atoms with Crippen LogP contribution in [-0.2, 0) is 23.9 Å². The van der Waals surface area contributed by atoms with Crippen molar-refractivity contribution in [2.24, 2.45) is 34.0 Å². The van der Waals surface area contributed by atoms with Crippen molar-refractivity contribution in [3.63, 3.8) is 0 Å². The number of carbonyl (C=O) groups excluding carboxylic acids is 3. The number of ketones is 1. The summed E-state index contributed by atoms with van der Waals surface area (Å²) in [5, 5.41) is 22.3. The number of fused-ring (bicyclic) bond motifs is 3. The first-order valence-electron chi connectivity index (χ1n) is 11.3. The number of aliphatic hydroxyl groups excluding tert-OH is 2. The zero-order valence-corrected chi connectivity index (χ0v) is 18.8. The lowest BCUT2D eigenvalue weighted by atomic mass is 9.39. The number of carbonyl (C=O) groups is 3. The van der Waals surface area contributed by atoms with Crippen molar-refractivity contribution in [1.82, 2.24) is 0 Å². The van der Waals surface area contributed by atoms with Gasteiger partial charge in [-0.05, 0) is 48.5 Å². The summed E-state index contributed by atoms with van der Waals surface area (Å²) in [6, 6.07) is 0. The van der Waals surface area contributed by atoms with Gasteiger partial charge in [0.05, 0.1) is 18.8 Å². The van der Waals surface area contributed by atoms with Gasteiger partial charge in [0, 0.05) is 25.2 Å². The summed E-state index contributed by atoms with van der Waals surface area (Å²) >= 11 is 0. The molecule has 0 aromatic heterocycles. The normalized spacial score (nSPS) is 48.6. The van der Waals surface area contributed by atoms with Crippen LogP contribution in [0.1, 0.15) is 59.8 Å². The van der Waals surface area contributed by atoms with Crippen LogP contribution >= 0.6 is 0 Å². The van der Waals surface area contributed by atoms with Gasteiger partial charge in [-0.2, -0.15) is 0 Å². The molecule has 172 valence electrons. The minimum Gasteiger partial charge on any atom is -0.465 e. The fourth-order valence-corrected chi connectivity index (χ4v) is 8.00. The van der Waals surface area contributed by atoms with Crippen LogP contribution in [0.4, 0.5) is 0 Å². The second kappa shape index (κ2) is 7.14. The van der Waals surface area contributed by atoms with E-state index in [9.17, 15) is 24.6 Å². The van der Waals surface area contributed by atoms with Gasteiger partial charge in [0.25, 0.3) is 0 Å². The molecule has 0 aromatic carbocycles. The Morgan fingerprint density at radius 1 is 1.10 bits per heavy atom. The van der Waals surface area contributed by atoms with Crippen LogP contribution in [0.2, 0.25) is 0 Å². The van der Waals surface area contributed by atoms with E-state index in [0.29, 0.717) is 12.8 Å². The highest BCUT2D eigenvalue weighted by molar-refractivity contribution is 6.05. The van der Waals surface area contributed by atoms with Crippen LogP contribution in [0.15, 0.2) is 12.2 Å². The van der Waals surface area contributed by atoms with Crippen molar-refractivity contribution in [3.05, 3.63) is 12.2 Å². The van der Waals surface area contributed by atoms with Gasteiger partial charge in [-0.1, -0.05) is 26.8 Å². The fourth-order valence-electron chi connectivity index (χ4n) is 8.00. The summed E-state index contributed by atoms with van der Waals surface area (Å²) in [7, 11) is 0. The van der Waals surface area contributed by atoms with Crippen LogP contribution in [0.5, 0.6) is 0 Å². The molecular weight excluding hydrogens is 400 g/mol. The van der Waals surface area contributed by atoms with E-state index in [0.717, 1.165) is 19.3 Å². The van der Waals surface area contributed by atoms with Crippen LogP contribution < -0.4 is 0 Å². The molecule has 0 heterocycles. The predicted molar refractivity (Wildman–Crippen MR) is 111 cm³/mol. The van der Waals surface area contributed by atoms with Crippen LogP contribution in [0.25, 0.3) is 0 Å². The molecule has 4 fully saturated rings. The highest BCUT2D eigenvalue weighted by Crippen LogP contribution is 2.71. The molecule has 0 aromatic rings. The first-order valence-corrected chi connectivity index (χ1v) is 11.3. The zero-order valence-electron chi connectivity index (χ0n) is 18.8. The molecule has 4 aliphatic carbocycles. The molecule has 7 nitrogen and oxygen atoms in total. The van der Waals surface area contributed by atoms with Crippen molar-refractivity contribution in [1.29, 1.82) is 0 Å². The Hall–Kier alpha value is -1.73. The second-order valence-electron chi connectivity index (χ2n) is 10.8. The van der Waals surface area contributed by atoms with Gasteiger partial charge in [0.15, 0.2) is 5.78 Å². The SMILES string of the molecule is C=C1C(=O)C23C(OC(C)=O)CC4C(C)(COC(C)=O)CCCC4(C)C2CC(O)C1C3O. The Morgan fingerprint density at radius 2 is 1.77 bits per heavy atom. The van der Waals surface area contributed by atoms with Gasteiger partial charge in [-0.15, -0.1) is 0 Å². The summed E-state index contributed by atoms with van der Waals surface area (Å²) in [6.45, 7) is 11.1. The third-order valence-electron chi connectivity index (χ3n) is 9.18. The summed E-state index contributed by atoms with van der Waals surface area (Å²) in [6.07, 6.45) is 0.509. The molecule has 9 unspecified atom stereocenters. The fraction of sp³-hybridized carbons (Fsp3) is 0.792. The molecule has 7 heteroatoms. The number of Topliss-reactive ketones (excluding diaryl/α,β-unsaturated/α-hetero) is 1. The number of hydrogen-bond donors (Lipinski definition) is 2. The molecule has 4 aliphatic rings. The highest BCUT2D eigenvalue weighted by atomic mass is 16.5. The van der Waals surface area contributed by atoms with E-state index in [4.69, 9.17) is 9.47 Å². The molecule has 0 amide bonds. The average molecular weight is 435 g/mol. The van der Waals surface area contributed by atoms with Crippen molar-refractivity contribution in [2.75, 3.05) is 6.61 Å². The van der Waals surface area contributed by atoms with Crippen molar-refractivity contribution in [2.45, 2.75) is 78.1 Å². The Morgan fingerprint density at radius 3 is 2.39 bits per heavy atom. The quantitative estimate of drug-likeness (QED) is 0.517. The zero-order chi connectivity index (χ0) is 22.9. The first-order chi connectivity index (χ1) is 14.4. The lowest BCUT2D eigenvalue weighted by Crippen LogP contribution is -2.69. The van der Waals surface area contributed by atoms with Gasteiger partial charge in [-0.3, -0.25) is 14.4 Å². The van der Waals surface area contributed by atoms with Crippen LogP contribution in [0.3, 0.4) is 0 Å². The Bertz CT molecular complexity index is 836. The number of esters is 2. The van der Waals surface area contributed by atoms with E-state index in [2.05, 4.69) is 20.4 Å². The number of rotatable bonds is 3. The van der Waals surface area contributed by atoms with E-state index >= 15 is 0 Å². The number of hydrogen-bond acceptors (Lipinski definition) is 7. The number of aliphatic hydroxyl groups is 2. The maximum Gasteiger partial charge on any atom is 0.302 e. The standard InChI is InChI=1S/C24H34O7/c1-12-19-15(27)9-17-23(5)8-6-7-22(4,11-30-13(2)25)16(23)10-18(31-14(3)26)24(17,20(12)28)21(19)29/h15-19,21,27,29H,1,6-11H2,2-5H3. The molecule has 4 saturated carbocycles. The van der Waals surface area contributed by atoms with E-state index < -0.39 is 41.0 Å². The Balaban J connectivity index is 1.85. The average Bonchev–Trinajstić information content (AvgIpc) is 2.80. The Kier molecular flexibility index (Phi) is 5.17. The van der Waals surface area contributed by atoms with Gasteiger partial charge in [-0.25, -0.2) is 0 Å². The maximum absolute atomic E-state index is 13.7. The summed E-state index contributed by atoms with van der Waals surface area (Å²) in [5.41, 5.74) is -1.79. The minimum absolute atomic E-state index is 0.00862. The highest BCUT2D eigenvalue weighted by Gasteiger charge is 2.76. The third kappa shape index (κ3) is 2.88. The van der Waals surface area contributed by atoms with E-state index in [1.54, 1.807) is 0 Å². The largest absolute Gasteiger partial charge is 0.465 e. The molecule has 1 spiro atoms. The van der Waals surface area contributed by atoms with Gasteiger partial charge >= 0.3 is 11.9 Å². The Labute approximate surface area is 183 Å². The van der Waals surface area contributed by atoms with Crippen molar-refractivity contribution in [3.8, 4) is 0 Å². The molecule has 4 rings (SSSR count). The maximum atomic E-state index is 13.7. The van der Waals surface area contributed by atoms with Crippen molar-refractivity contribution < 1.29 is 34.1 Å². The van der Waals surface area contributed by atoms with Crippen LogP contribution in [0, 0.1) is 34.0 Å². The molecule has 31 heavy (non-hydrogen) atoms.